The summed E-state index contributed by atoms with van der Waals surface area (Å²) in [6.07, 6.45) is 6.90. The smallest absolute Gasteiger partial charge is 0.282 e. The van der Waals surface area contributed by atoms with Crippen molar-refractivity contribution in [2.45, 2.75) is 38.0 Å². The average molecular weight is 534 g/mol. The minimum absolute atomic E-state index is 0.161. The standard InChI is InChI=1S/C23H19BrCl2N4O2/c24-16-6-7-20-17(12-16)23(31)30(22(29-20)15-4-2-1-3-5-15)28-13-14-10-18(25)21(19(26)11-14)32-9-8-27/h6-7,10-13,15H,1-5,9H2. The van der Waals surface area contributed by atoms with E-state index in [0.717, 1.165) is 30.2 Å². The average Bonchev–Trinajstić information content (AvgIpc) is 2.79. The lowest BCUT2D eigenvalue weighted by Crippen LogP contribution is -2.25. The molecule has 0 atom stereocenters. The molecule has 1 aliphatic rings. The molecule has 1 heterocycles. The van der Waals surface area contributed by atoms with Crippen LogP contribution in [-0.2, 0) is 0 Å². The number of hydrogen-bond donors (Lipinski definition) is 0. The first kappa shape index (κ1) is 22.8. The molecule has 4 rings (SSSR count). The molecule has 1 fully saturated rings. The summed E-state index contributed by atoms with van der Waals surface area (Å²) < 4.78 is 7.47. The van der Waals surface area contributed by atoms with Gasteiger partial charge in [0.1, 0.15) is 11.9 Å². The number of aromatic nitrogens is 2. The molecule has 0 bridgehead atoms. The van der Waals surface area contributed by atoms with E-state index in [1.807, 2.05) is 18.2 Å². The van der Waals surface area contributed by atoms with Crippen LogP contribution in [0.2, 0.25) is 10.0 Å². The van der Waals surface area contributed by atoms with Crippen LogP contribution in [0.3, 0.4) is 0 Å². The third-order valence-corrected chi connectivity index (χ3v) is 6.48. The summed E-state index contributed by atoms with van der Waals surface area (Å²) in [5, 5.41) is 14.2. The molecule has 0 aliphatic heterocycles. The van der Waals surface area contributed by atoms with Gasteiger partial charge in [0.25, 0.3) is 5.56 Å². The van der Waals surface area contributed by atoms with E-state index >= 15 is 0 Å². The van der Waals surface area contributed by atoms with Crippen LogP contribution < -0.4 is 10.3 Å². The van der Waals surface area contributed by atoms with Gasteiger partial charge in [0.2, 0.25) is 0 Å². The first-order chi connectivity index (χ1) is 15.5. The lowest BCUT2D eigenvalue weighted by atomic mass is 9.88. The second-order valence-corrected chi connectivity index (χ2v) is 9.32. The Bertz CT molecular complexity index is 1270. The number of hydrogen-bond acceptors (Lipinski definition) is 5. The highest BCUT2D eigenvalue weighted by atomic mass is 79.9. The second kappa shape index (κ2) is 10.0. The third kappa shape index (κ3) is 4.83. The van der Waals surface area contributed by atoms with Crippen molar-refractivity contribution in [2.75, 3.05) is 6.61 Å². The van der Waals surface area contributed by atoms with E-state index in [2.05, 4.69) is 21.0 Å². The third-order valence-electron chi connectivity index (χ3n) is 5.43. The van der Waals surface area contributed by atoms with E-state index < -0.39 is 0 Å². The van der Waals surface area contributed by atoms with Crippen molar-refractivity contribution in [3.63, 3.8) is 0 Å². The molecule has 9 heteroatoms. The minimum atomic E-state index is -0.223. The van der Waals surface area contributed by atoms with Gasteiger partial charge in [-0.15, -0.1) is 0 Å². The van der Waals surface area contributed by atoms with Crippen molar-refractivity contribution in [3.05, 3.63) is 66.6 Å². The molecule has 164 valence electrons. The molecule has 6 nitrogen and oxygen atoms in total. The summed E-state index contributed by atoms with van der Waals surface area (Å²) in [5.74, 6) is 1.09. The van der Waals surface area contributed by atoms with Crippen LogP contribution in [0.25, 0.3) is 10.9 Å². The van der Waals surface area contributed by atoms with Crippen molar-refractivity contribution in [1.82, 2.24) is 9.66 Å². The highest BCUT2D eigenvalue weighted by Crippen LogP contribution is 2.34. The molecule has 0 unspecified atom stereocenters. The van der Waals surface area contributed by atoms with E-state index in [0.29, 0.717) is 22.3 Å². The van der Waals surface area contributed by atoms with Gasteiger partial charge in [-0.1, -0.05) is 58.4 Å². The Labute approximate surface area is 203 Å². The van der Waals surface area contributed by atoms with Crippen LogP contribution in [0.1, 0.15) is 49.4 Å². The largest absolute Gasteiger partial charge is 0.476 e. The van der Waals surface area contributed by atoms with E-state index in [-0.39, 0.29) is 33.9 Å². The number of benzene rings is 2. The molecule has 0 amide bonds. The van der Waals surface area contributed by atoms with Gasteiger partial charge >= 0.3 is 0 Å². The summed E-state index contributed by atoms with van der Waals surface area (Å²) in [6.45, 7) is -0.161. The van der Waals surface area contributed by atoms with Gasteiger partial charge in [-0.25, -0.2) is 4.98 Å². The molecule has 1 aromatic heterocycles. The van der Waals surface area contributed by atoms with Crippen LogP contribution in [0.15, 0.2) is 44.7 Å². The zero-order chi connectivity index (χ0) is 22.7. The number of nitriles is 1. The number of nitrogens with zero attached hydrogens (tertiary/aromatic N) is 4. The number of ether oxygens (including phenoxy) is 1. The van der Waals surface area contributed by atoms with Gasteiger partial charge in [0.05, 0.1) is 27.2 Å². The maximum Gasteiger partial charge on any atom is 0.282 e. The molecule has 3 aromatic rings. The maximum atomic E-state index is 13.4. The molecule has 1 aliphatic carbocycles. The monoisotopic (exact) mass is 532 g/mol. The van der Waals surface area contributed by atoms with Crippen molar-refractivity contribution in [1.29, 1.82) is 5.26 Å². The highest BCUT2D eigenvalue weighted by molar-refractivity contribution is 9.10. The Hall–Kier alpha value is -2.40. The van der Waals surface area contributed by atoms with Crippen LogP contribution in [0.4, 0.5) is 0 Å². The molecule has 32 heavy (non-hydrogen) atoms. The van der Waals surface area contributed by atoms with Gasteiger partial charge in [0.15, 0.2) is 12.4 Å². The van der Waals surface area contributed by atoms with Crippen molar-refractivity contribution in [2.24, 2.45) is 5.10 Å². The quantitative estimate of drug-likeness (QED) is 0.360. The predicted molar refractivity (Wildman–Crippen MR) is 130 cm³/mol. The second-order valence-electron chi connectivity index (χ2n) is 7.59. The SMILES string of the molecule is N#CCOc1c(Cl)cc(C=Nn2c(C3CCCCC3)nc3ccc(Br)cc3c2=O)cc1Cl. The number of rotatable bonds is 5. The van der Waals surface area contributed by atoms with E-state index in [1.54, 1.807) is 18.2 Å². The lowest BCUT2D eigenvalue weighted by molar-refractivity contribution is 0.368. The fourth-order valence-corrected chi connectivity index (χ4v) is 4.90. The van der Waals surface area contributed by atoms with Gasteiger partial charge < -0.3 is 4.74 Å². The number of fused-ring (bicyclic) bond motifs is 1. The molecular formula is C23H19BrCl2N4O2. The summed E-state index contributed by atoms with van der Waals surface area (Å²) >= 11 is 16.0. The van der Waals surface area contributed by atoms with E-state index in [4.69, 9.17) is 38.2 Å². The van der Waals surface area contributed by atoms with Crippen molar-refractivity contribution < 1.29 is 4.74 Å². The topological polar surface area (TPSA) is 80.3 Å². The first-order valence-electron chi connectivity index (χ1n) is 10.2. The Morgan fingerprint density at radius 1 is 1.22 bits per heavy atom. The molecule has 0 radical (unpaired) electrons. The lowest BCUT2D eigenvalue weighted by Gasteiger charge is -2.22. The zero-order valence-corrected chi connectivity index (χ0v) is 20.1. The summed E-state index contributed by atoms with van der Waals surface area (Å²) in [7, 11) is 0. The Kier molecular flexibility index (Phi) is 7.14. The van der Waals surface area contributed by atoms with Crippen molar-refractivity contribution >= 4 is 56.2 Å². The predicted octanol–water partition coefficient (Wildman–Crippen LogP) is 6.30. The molecule has 0 saturated heterocycles. The van der Waals surface area contributed by atoms with Crippen molar-refractivity contribution in [3.8, 4) is 11.8 Å². The van der Waals surface area contributed by atoms with E-state index in [9.17, 15) is 4.79 Å². The maximum absolute atomic E-state index is 13.4. The van der Waals surface area contributed by atoms with E-state index in [1.165, 1.54) is 17.3 Å². The zero-order valence-electron chi connectivity index (χ0n) is 17.0. The summed E-state index contributed by atoms with van der Waals surface area (Å²) in [5.41, 5.74) is 1.04. The minimum Gasteiger partial charge on any atom is -0.476 e. The summed E-state index contributed by atoms with van der Waals surface area (Å²) in [6, 6.07) is 10.6. The van der Waals surface area contributed by atoms with Gasteiger partial charge in [-0.2, -0.15) is 15.0 Å². The van der Waals surface area contributed by atoms with Crippen LogP contribution in [-0.4, -0.2) is 22.5 Å². The van der Waals surface area contributed by atoms with Gasteiger partial charge in [0, 0.05) is 10.4 Å². The first-order valence-corrected chi connectivity index (χ1v) is 11.8. The highest BCUT2D eigenvalue weighted by Gasteiger charge is 2.22. The normalized spacial score (nSPS) is 14.7. The summed E-state index contributed by atoms with van der Waals surface area (Å²) in [4.78, 5) is 18.2. The van der Waals surface area contributed by atoms with Crippen LogP contribution >= 0.6 is 39.1 Å². The molecule has 2 aromatic carbocycles. The number of halogens is 3. The van der Waals surface area contributed by atoms with Gasteiger partial charge in [-0.05, 0) is 48.7 Å². The Morgan fingerprint density at radius 2 is 1.94 bits per heavy atom. The van der Waals surface area contributed by atoms with Gasteiger partial charge in [-0.3, -0.25) is 4.79 Å². The fourth-order valence-electron chi connectivity index (χ4n) is 3.92. The molecule has 0 spiro atoms. The molecular weight excluding hydrogens is 515 g/mol. The fraction of sp³-hybridized carbons (Fsp3) is 0.304. The molecule has 1 saturated carbocycles. The van der Waals surface area contributed by atoms with Crippen LogP contribution in [0, 0.1) is 11.3 Å². The Morgan fingerprint density at radius 3 is 2.62 bits per heavy atom. The molecule has 0 N–H and O–H groups in total. The Balaban J connectivity index is 1.79. The van der Waals surface area contributed by atoms with Crippen LogP contribution in [0.5, 0.6) is 5.75 Å².